The minimum Gasteiger partial charge on any atom is -0.464 e. The Morgan fingerprint density at radius 2 is 1.96 bits per heavy atom. The lowest BCUT2D eigenvalue weighted by Crippen LogP contribution is -2.50. The molecular formula is C41H58N6O6. The number of aldehydes is 1. The van der Waals surface area contributed by atoms with E-state index in [9.17, 15) is 14.4 Å². The SMILES string of the molecule is CCn1c(-c2cccnc2[C@H](C)OC)c(CC(C)(C)COC(=O)[C@@H]2CCCNN2)c2cc(C3=CCCN(C[C@@H](C=O)NC(=O)OC(C)(C)C)C3)ccc21. The molecule has 5 rings (SSSR count). The zero-order chi connectivity index (χ0) is 38.3. The number of ether oxygens (including phenoxy) is 3. The van der Waals surface area contributed by atoms with Crippen LogP contribution < -0.4 is 16.2 Å². The highest BCUT2D eigenvalue weighted by Crippen LogP contribution is 2.41. The molecule has 1 saturated heterocycles. The smallest absolute Gasteiger partial charge is 0.408 e. The zero-order valence-electron chi connectivity index (χ0n) is 32.7. The molecule has 2 aliphatic heterocycles. The molecule has 0 bridgehead atoms. The van der Waals surface area contributed by atoms with Crippen molar-refractivity contribution < 1.29 is 28.6 Å². The molecule has 1 aromatic carbocycles. The van der Waals surface area contributed by atoms with Gasteiger partial charge in [-0.05, 0) is 101 Å². The largest absolute Gasteiger partial charge is 0.464 e. The van der Waals surface area contributed by atoms with Gasteiger partial charge in [-0.15, -0.1) is 0 Å². The van der Waals surface area contributed by atoms with E-state index in [4.69, 9.17) is 19.2 Å². The van der Waals surface area contributed by atoms with E-state index in [1.807, 2.05) is 19.2 Å². The van der Waals surface area contributed by atoms with Gasteiger partial charge in [-0.25, -0.2) is 10.2 Å². The summed E-state index contributed by atoms with van der Waals surface area (Å²) in [5, 5.41) is 3.85. The number of rotatable bonds is 14. The highest BCUT2D eigenvalue weighted by atomic mass is 16.6. The topological polar surface area (TPSA) is 136 Å². The molecule has 12 heteroatoms. The van der Waals surface area contributed by atoms with Crippen LogP contribution in [-0.4, -0.2) is 90.4 Å². The standard InChI is InChI=1S/C41H58N6O6/c1-9-47-35-17-16-28(29-13-12-20-46(23-29)24-30(25-48)44-39(50)53-40(3,4)5)21-32(35)33(37(47)31-14-10-18-42-36(31)27(2)51-8)22-41(6,7)26-52-38(49)34-15-11-19-43-45-34/h10,13-14,16-18,21,25,27,30,34,43,45H,9,11-12,15,19-20,22-24,26H2,1-8H3,(H,44,50)/t27-,30-,34-/m0/s1. The summed E-state index contributed by atoms with van der Waals surface area (Å²) < 4.78 is 19.5. The van der Waals surface area contributed by atoms with E-state index < -0.39 is 23.2 Å². The Bertz CT molecular complexity index is 1790. The Balaban J connectivity index is 1.49. The van der Waals surface area contributed by atoms with Crippen LogP contribution in [0.1, 0.15) is 90.7 Å². The van der Waals surface area contributed by atoms with E-state index in [1.165, 1.54) is 0 Å². The molecule has 2 aromatic heterocycles. The summed E-state index contributed by atoms with van der Waals surface area (Å²) in [4.78, 5) is 44.4. The van der Waals surface area contributed by atoms with Crippen LogP contribution in [0.5, 0.6) is 0 Å². The first-order valence-corrected chi connectivity index (χ1v) is 18.9. The fourth-order valence-electron chi connectivity index (χ4n) is 7.26. The van der Waals surface area contributed by atoms with Crippen LogP contribution in [0.3, 0.4) is 0 Å². The van der Waals surface area contributed by atoms with E-state index in [2.05, 4.69) is 76.7 Å². The third-order valence-corrected chi connectivity index (χ3v) is 9.85. The Kier molecular flexibility index (Phi) is 13.1. The van der Waals surface area contributed by atoms with Crippen molar-refractivity contribution in [2.24, 2.45) is 5.41 Å². The van der Waals surface area contributed by atoms with Gasteiger partial charge in [0, 0.05) is 67.9 Å². The predicted octanol–water partition coefficient (Wildman–Crippen LogP) is 5.98. The van der Waals surface area contributed by atoms with Gasteiger partial charge in [-0.1, -0.05) is 26.0 Å². The lowest BCUT2D eigenvalue weighted by atomic mass is 9.84. The number of fused-ring (bicyclic) bond motifs is 1. The first kappa shape index (κ1) is 40.1. The molecule has 1 fully saturated rings. The Morgan fingerprint density at radius 1 is 1.17 bits per heavy atom. The number of amides is 1. The van der Waals surface area contributed by atoms with Crippen molar-refractivity contribution >= 4 is 34.8 Å². The lowest BCUT2D eigenvalue weighted by Gasteiger charge is -2.30. The number of benzene rings is 1. The first-order valence-electron chi connectivity index (χ1n) is 18.9. The summed E-state index contributed by atoms with van der Waals surface area (Å²) in [5.41, 5.74) is 12.6. The number of hydrogen-bond donors (Lipinski definition) is 3. The van der Waals surface area contributed by atoms with Gasteiger partial charge < -0.3 is 28.9 Å². The molecule has 4 heterocycles. The van der Waals surface area contributed by atoms with Crippen molar-refractivity contribution in [2.75, 3.05) is 39.9 Å². The van der Waals surface area contributed by atoms with Crippen molar-refractivity contribution in [2.45, 2.75) is 104 Å². The van der Waals surface area contributed by atoms with Gasteiger partial charge in [0.15, 0.2) is 0 Å². The maximum absolute atomic E-state index is 13.0. The zero-order valence-corrected chi connectivity index (χ0v) is 32.7. The second-order valence-electron chi connectivity index (χ2n) is 16.0. The van der Waals surface area contributed by atoms with Crippen molar-refractivity contribution in [1.29, 1.82) is 0 Å². The molecule has 0 saturated carbocycles. The van der Waals surface area contributed by atoms with Gasteiger partial charge in [0.2, 0.25) is 0 Å². The number of methoxy groups -OCH3 is 1. The Morgan fingerprint density at radius 3 is 2.64 bits per heavy atom. The van der Waals surface area contributed by atoms with Gasteiger partial charge >= 0.3 is 12.1 Å². The van der Waals surface area contributed by atoms with Gasteiger partial charge in [0.25, 0.3) is 0 Å². The molecule has 3 atom stereocenters. The fraction of sp³-hybridized carbons (Fsp3) is 0.561. The van der Waals surface area contributed by atoms with Crippen molar-refractivity contribution in [1.82, 2.24) is 30.6 Å². The number of nitrogens with zero attached hydrogens (tertiary/aromatic N) is 3. The third-order valence-electron chi connectivity index (χ3n) is 9.85. The van der Waals surface area contributed by atoms with Crippen LogP contribution in [0.2, 0.25) is 0 Å². The summed E-state index contributed by atoms with van der Waals surface area (Å²) >= 11 is 0. The number of carbonyl (C=O) groups is 3. The molecule has 0 radical (unpaired) electrons. The lowest BCUT2D eigenvalue weighted by molar-refractivity contribution is -0.150. The number of hydrazine groups is 1. The van der Waals surface area contributed by atoms with Gasteiger partial charge in [-0.2, -0.15) is 0 Å². The number of pyridine rings is 1. The van der Waals surface area contributed by atoms with Gasteiger partial charge in [-0.3, -0.25) is 20.1 Å². The van der Waals surface area contributed by atoms with Crippen molar-refractivity contribution in [3.05, 3.63) is 59.4 Å². The second-order valence-corrected chi connectivity index (χ2v) is 16.0. The van der Waals surface area contributed by atoms with Crippen LogP contribution in [0.25, 0.3) is 27.7 Å². The van der Waals surface area contributed by atoms with Crippen LogP contribution in [0.4, 0.5) is 4.79 Å². The number of hydrogen-bond acceptors (Lipinski definition) is 10. The maximum atomic E-state index is 13.0. The van der Waals surface area contributed by atoms with Crippen molar-refractivity contribution in [3.8, 4) is 11.3 Å². The number of carbonyl (C=O) groups excluding carboxylic acids is 3. The minimum atomic E-state index is -0.691. The quantitative estimate of drug-likeness (QED) is 0.134. The maximum Gasteiger partial charge on any atom is 0.408 e. The fourth-order valence-corrected chi connectivity index (χ4v) is 7.26. The molecule has 2 aliphatic rings. The molecule has 53 heavy (non-hydrogen) atoms. The van der Waals surface area contributed by atoms with Gasteiger partial charge in [0.1, 0.15) is 24.0 Å². The molecule has 1 amide bonds. The average molecular weight is 731 g/mol. The first-order chi connectivity index (χ1) is 25.2. The van der Waals surface area contributed by atoms with Crippen LogP contribution in [-0.2, 0) is 36.8 Å². The minimum absolute atomic E-state index is 0.220. The van der Waals surface area contributed by atoms with Crippen LogP contribution in [0, 0.1) is 5.41 Å². The number of esters is 1. The number of aromatic nitrogens is 2. The summed E-state index contributed by atoms with van der Waals surface area (Å²) in [7, 11) is 1.70. The summed E-state index contributed by atoms with van der Waals surface area (Å²) in [6, 6.07) is 9.69. The Labute approximate surface area is 314 Å². The molecule has 3 aromatic rings. The third kappa shape index (κ3) is 10.1. The van der Waals surface area contributed by atoms with E-state index in [0.717, 1.165) is 89.7 Å². The summed E-state index contributed by atoms with van der Waals surface area (Å²) in [6.45, 7) is 17.5. The number of alkyl carbamates (subject to hydrolysis) is 1. The second kappa shape index (κ2) is 17.4. The van der Waals surface area contributed by atoms with Crippen LogP contribution >= 0.6 is 0 Å². The molecular weight excluding hydrogens is 672 g/mol. The van der Waals surface area contributed by atoms with Gasteiger partial charge in [0.05, 0.1) is 24.1 Å². The molecule has 288 valence electrons. The summed E-state index contributed by atoms with van der Waals surface area (Å²) in [6.07, 6.45) is 7.15. The number of nitrogens with one attached hydrogen (secondary N) is 3. The molecule has 0 unspecified atom stereocenters. The monoisotopic (exact) mass is 730 g/mol. The normalized spacial score (nSPS) is 18.3. The Hall–Kier alpha value is -4.10. The summed E-state index contributed by atoms with van der Waals surface area (Å²) in [5.74, 6) is -0.237. The molecule has 0 spiro atoms. The van der Waals surface area contributed by atoms with E-state index >= 15 is 0 Å². The van der Waals surface area contributed by atoms with E-state index in [0.29, 0.717) is 19.5 Å². The molecule has 3 N–H and O–H groups in total. The highest BCUT2D eigenvalue weighted by Gasteiger charge is 2.31. The number of aryl methyl sites for hydroxylation is 1. The highest BCUT2D eigenvalue weighted by molar-refractivity contribution is 5.94. The molecule has 12 nitrogen and oxygen atoms in total. The van der Waals surface area contributed by atoms with Crippen molar-refractivity contribution in [3.63, 3.8) is 0 Å². The predicted molar refractivity (Wildman–Crippen MR) is 207 cm³/mol. The molecule has 0 aliphatic carbocycles. The van der Waals surface area contributed by atoms with E-state index in [1.54, 1.807) is 27.9 Å². The average Bonchev–Trinajstić information content (AvgIpc) is 3.44. The van der Waals surface area contributed by atoms with E-state index in [-0.39, 0.29) is 24.7 Å². The van der Waals surface area contributed by atoms with Crippen LogP contribution in [0.15, 0.2) is 42.6 Å².